The van der Waals surface area contributed by atoms with E-state index < -0.39 is 5.91 Å². The Kier molecular flexibility index (Phi) is 5.00. The average Bonchev–Trinajstić information content (AvgIpc) is 2.85. The van der Waals surface area contributed by atoms with Gasteiger partial charge in [0.25, 0.3) is 5.91 Å². The van der Waals surface area contributed by atoms with Crippen LogP contribution < -0.4 is 10.5 Å². The van der Waals surface area contributed by atoms with Gasteiger partial charge in [-0.05, 0) is 32.8 Å². The minimum Gasteiger partial charge on any atom is -0.474 e. The molecule has 0 aliphatic rings. The van der Waals surface area contributed by atoms with Crippen LogP contribution in [0.5, 0.6) is 5.88 Å². The van der Waals surface area contributed by atoms with E-state index in [2.05, 4.69) is 23.9 Å². The molecule has 1 unspecified atom stereocenters. The number of aromatic nitrogens is 3. The van der Waals surface area contributed by atoms with E-state index >= 15 is 0 Å². The Morgan fingerprint density at radius 2 is 2.14 bits per heavy atom. The number of rotatable bonds is 7. The monoisotopic (exact) mass is 304 g/mol. The van der Waals surface area contributed by atoms with Gasteiger partial charge in [-0.2, -0.15) is 10.1 Å². The predicted molar refractivity (Wildman–Crippen MR) is 86.0 cm³/mol. The van der Waals surface area contributed by atoms with E-state index in [1.54, 1.807) is 6.07 Å². The Balaban J connectivity index is 2.49. The van der Waals surface area contributed by atoms with Crippen molar-refractivity contribution in [2.24, 2.45) is 5.73 Å². The zero-order valence-corrected chi connectivity index (χ0v) is 13.7. The third kappa shape index (κ3) is 3.37. The highest BCUT2D eigenvalue weighted by Crippen LogP contribution is 2.25. The van der Waals surface area contributed by atoms with Crippen molar-refractivity contribution >= 4 is 16.9 Å². The summed E-state index contributed by atoms with van der Waals surface area (Å²) in [5, 5.41) is 5.35. The van der Waals surface area contributed by atoms with Gasteiger partial charge in [-0.3, -0.25) is 9.48 Å². The summed E-state index contributed by atoms with van der Waals surface area (Å²) in [4.78, 5) is 16.0. The average molecular weight is 304 g/mol. The lowest BCUT2D eigenvalue weighted by atomic mass is 10.1. The first-order chi connectivity index (χ1) is 10.5. The first kappa shape index (κ1) is 16.3. The van der Waals surface area contributed by atoms with Gasteiger partial charge in [0.15, 0.2) is 5.65 Å². The molecule has 0 aromatic carbocycles. The second-order valence-electron chi connectivity index (χ2n) is 5.74. The molecule has 0 aliphatic carbocycles. The third-order valence-electron chi connectivity index (χ3n) is 3.56. The fraction of sp³-hybridized carbons (Fsp3) is 0.562. The lowest BCUT2D eigenvalue weighted by molar-refractivity contribution is 0.0993. The zero-order valence-electron chi connectivity index (χ0n) is 13.7. The van der Waals surface area contributed by atoms with Crippen molar-refractivity contribution in [3.05, 3.63) is 17.8 Å². The molecule has 0 radical (unpaired) electrons. The minimum atomic E-state index is -0.543. The maximum absolute atomic E-state index is 11.6. The molecule has 0 fully saturated rings. The molecule has 0 spiro atoms. The van der Waals surface area contributed by atoms with Crippen molar-refractivity contribution in [3.8, 4) is 5.88 Å². The van der Waals surface area contributed by atoms with Crippen LogP contribution in [-0.4, -0.2) is 26.8 Å². The second kappa shape index (κ2) is 6.77. The highest BCUT2D eigenvalue weighted by atomic mass is 16.5. The number of nitrogens with zero attached hydrogens (tertiary/aromatic N) is 3. The minimum absolute atomic E-state index is 0.0892. The van der Waals surface area contributed by atoms with Gasteiger partial charge >= 0.3 is 0 Å². The summed E-state index contributed by atoms with van der Waals surface area (Å²) in [7, 11) is 0. The van der Waals surface area contributed by atoms with Crippen LogP contribution in [0, 0.1) is 0 Å². The number of primary amides is 1. The quantitative estimate of drug-likeness (QED) is 0.852. The van der Waals surface area contributed by atoms with Crippen molar-refractivity contribution in [1.82, 2.24) is 14.8 Å². The molecule has 6 nitrogen and oxygen atoms in total. The van der Waals surface area contributed by atoms with E-state index in [1.165, 1.54) is 0 Å². The summed E-state index contributed by atoms with van der Waals surface area (Å²) < 4.78 is 7.53. The van der Waals surface area contributed by atoms with Crippen LogP contribution in [-0.2, 0) is 0 Å². The Hall–Kier alpha value is -2.11. The van der Waals surface area contributed by atoms with Crippen LogP contribution in [0.2, 0.25) is 0 Å². The maximum Gasteiger partial charge on any atom is 0.254 e. The lowest BCUT2D eigenvalue weighted by Gasteiger charge is -2.13. The number of hydrogen-bond donors (Lipinski definition) is 1. The smallest absolute Gasteiger partial charge is 0.254 e. The summed E-state index contributed by atoms with van der Waals surface area (Å²) in [6.45, 7) is 8.05. The van der Waals surface area contributed by atoms with Gasteiger partial charge in [-0.25, -0.2) is 0 Å². The molecule has 0 bridgehead atoms. The highest BCUT2D eigenvalue weighted by Gasteiger charge is 2.18. The van der Waals surface area contributed by atoms with E-state index in [1.807, 2.05) is 24.7 Å². The van der Waals surface area contributed by atoms with Crippen LogP contribution in [0.4, 0.5) is 0 Å². The highest BCUT2D eigenvalue weighted by molar-refractivity contribution is 5.98. The van der Waals surface area contributed by atoms with Crippen LogP contribution in [0.15, 0.2) is 12.3 Å². The topological polar surface area (TPSA) is 83.0 Å². The summed E-state index contributed by atoms with van der Waals surface area (Å²) in [5.74, 6) is -0.290. The predicted octanol–water partition coefficient (Wildman–Crippen LogP) is 3.07. The molecular formula is C16H24N4O2. The number of hydrogen-bond acceptors (Lipinski definition) is 4. The van der Waals surface area contributed by atoms with Gasteiger partial charge in [0.2, 0.25) is 5.88 Å². The van der Waals surface area contributed by atoms with E-state index in [-0.39, 0.29) is 12.0 Å². The Morgan fingerprint density at radius 3 is 2.68 bits per heavy atom. The molecule has 2 N–H and O–H groups in total. The van der Waals surface area contributed by atoms with Crippen LogP contribution >= 0.6 is 0 Å². The zero-order chi connectivity index (χ0) is 16.3. The van der Waals surface area contributed by atoms with Crippen molar-refractivity contribution in [3.63, 3.8) is 0 Å². The number of amides is 1. The fourth-order valence-electron chi connectivity index (χ4n) is 2.49. The Bertz CT molecular complexity index is 663. The molecule has 2 aromatic rings. The summed E-state index contributed by atoms with van der Waals surface area (Å²) in [6.07, 6.45) is 4.99. The van der Waals surface area contributed by atoms with Crippen LogP contribution in [0.3, 0.4) is 0 Å². The molecule has 1 amide bonds. The summed E-state index contributed by atoms with van der Waals surface area (Å²) >= 11 is 0. The molecule has 0 saturated heterocycles. The van der Waals surface area contributed by atoms with Crippen molar-refractivity contribution in [2.45, 2.75) is 59.1 Å². The molecule has 1 atom stereocenters. The molecule has 2 heterocycles. The van der Waals surface area contributed by atoms with Crippen LogP contribution in [0.1, 0.15) is 63.4 Å². The first-order valence-corrected chi connectivity index (χ1v) is 7.82. The summed E-state index contributed by atoms with van der Waals surface area (Å²) in [5.41, 5.74) is 6.31. The molecule has 0 saturated carbocycles. The van der Waals surface area contributed by atoms with Gasteiger partial charge in [-0.15, -0.1) is 0 Å². The van der Waals surface area contributed by atoms with E-state index in [0.29, 0.717) is 17.3 Å². The standard InChI is InChI=1S/C16H24N4O2/c1-5-7-12(6-2)20-9-11-8-13(14(17)21)16(22-10(3)4)18-15(11)19-20/h8-10,12H,5-7H2,1-4H3,(H2,17,21). The number of carbonyl (C=O) groups excluding carboxylic acids is 1. The van der Waals surface area contributed by atoms with Crippen molar-refractivity contribution < 1.29 is 9.53 Å². The van der Waals surface area contributed by atoms with Gasteiger partial charge in [0.05, 0.1) is 12.1 Å². The SMILES string of the molecule is CCCC(CC)n1cc2cc(C(N)=O)c(OC(C)C)nc2n1. The van der Waals surface area contributed by atoms with Gasteiger partial charge in [0, 0.05) is 11.6 Å². The van der Waals surface area contributed by atoms with Crippen LogP contribution in [0.25, 0.3) is 11.0 Å². The van der Waals surface area contributed by atoms with Crippen molar-refractivity contribution in [1.29, 1.82) is 0 Å². The normalized spacial score (nSPS) is 12.8. The largest absolute Gasteiger partial charge is 0.474 e. The number of carbonyl (C=O) groups is 1. The number of fused-ring (bicyclic) bond motifs is 1. The molecule has 2 rings (SSSR count). The number of ether oxygens (including phenoxy) is 1. The Morgan fingerprint density at radius 1 is 1.41 bits per heavy atom. The van der Waals surface area contributed by atoms with E-state index in [4.69, 9.17) is 10.5 Å². The molecule has 22 heavy (non-hydrogen) atoms. The fourth-order valence-corrected chi connectivity index (χ4v) is 2.49. The van der Waals surface area contributed by atoms with E-state index in [9.17, 15) is 4.79 Å². The molecular weight excluding hydrogens is 280 g/mol. The first-order valence-electron chi connectivity index (χ1n) is 7.82. The molecule has 2 aromatic heterocycles. The number of nitrogens with two attached hydrogens (primary N) is 1. The number of pyridine rings is 1. The third-order valence-corrected chi connectivity index (χ3v) is 3.56. The maximum atomic E-state index is 11.6. The van der Waals surface area contributed by atoms with Gasteiger partial charge in [-0.1, -0.05) is 20.3 Å². The molecule has 120 valence electrons. The molecule has 6 heteroatoms. The van der Waals surface area contributed by atoms with Gasteiger partial charge < -0.3 is 10.5 Å². The lowest BCUT2D eigenvalue weighted by Crippen LogP contribution is -2.16. The summed E-state index contributed by atoms with van der Waals surface area (Å²) in [6, 6.07) is 2.05. The molecule has 0 aliphatic heterocycles. The van der Waals surface area contributed by atoms with E-state index in [0.717, 1.165) is 24.6 Å². The van der Waals surface area contributed by atoms with Crippen molar-refractivity contribution in [2.75, 3.05) is 0 Å². The second-order valence-corrected chi connectivity index (χ2v) is 5.74. The Labute approximate surface area is 130 Å². The van der Waals surface area contributed by atoms with Gasteiger partial charge in [0.1, 0.15) is 5.56 Å².